The number of nitrogens with zero attached hydrogens (tertiary/aromatic N) is 1. The Morgan fingerprint density at radius 1 is 1.00 bits per heavy atom. The summed E-state index contributed by atoms with van der Waals surface area (Å²) in [5, 5.41) is 21.1. The van der Waals surface area contributed by atoms with Gasteiger partial charge in [0.1, 0.15) is 0 Å². The van der Waals surface area contributed by atoms with Gasteiger partial charge in [-0.2, -0.15) is 13.2 Å². The number of hydrogen-bond acceptors (Lipinski definition) is 3. The van der Waals surface area contributed by atoms with Crippen LogP contribution in [0.25, 0.3) is 5.69 Å². The summed E-state index contributed by atoms with van der Waals surface area (Å²) in [5.74, 6) is -0.458. The predicted molar refractivity (Wildman–Crippen MR) is 82.4 cm³/mol. The number of rotatable bonds is 1. The number of benzene rings is 1. The third-order valence-electron chi connectivity index (χ3n) is 4.90. The van der Waals surface area contributed by atoms with Gasteiger partial charge >= 0.3 is 6.18 Å². The topological polar surface area (TPSA) is 71.4 Å². The Morgan fingerprint density at radius 2 is 1.54 bits per heavy atom. The van der Waals surface area contributed by atoms with Gasteiger partial charge in [0.05, 0.1) is 11.3 Å². The summed E-state index contributed by atoms with van der Waals surface area (Å²) in [7, 11) is 0. The first-order chi connectivity index (χ1) is 11.3. The fraction of sp³-hybridized carbons (Fsp3) is 0.294. The number of nitrogen functional groups attached to an aromatic ring is 1. The molecule has 0 unspecified atom stereocenters. The Bertz CT molecular complexity index is 830. The number of nitrogens with two attached hydrogens (primary N) is 1. The molecule has 4 nitrogen and oxygen atoms in total. The van der Waals surface area contributed by atoms with Crippen molar-refractivity contribution in [3.8, 4) is 17.4 Å². The van der Waals surface area contributed by atoms with Gasteiger partial charge in [0, 0.05) is 28.7 Å². The van der Waals surface area contributed by atoms with E-state index in [1.807, 2.05) is 12.2 Å². The van der Waals surface area contributed by atoms with Crippen molar-refractivity contribution in [2.45, 2.75) is 30.9 Å². The third-order valence-corrected chi connectivity index (χ3v) is 4.90. The Labute approximate surface area is 135 Å². The van der Waals surface area contributed by atoms with E-state index in [-0.39, 0.29) is 29.3 Å². The van der Waals surface area contributed by atoms with Gasteiger partial charge < -0.3 is 15.9 Å². The van der Waals surface area contributed by atoms with Crippen LogP contribution in [0.15, 0.2) is 30.4 Å². The van der Waals surface area contributed by atoms with Crippen LogP contribution >= 0.6 is 0 Å². The van der Waals surface area contributed by atoms with E-state index in [1.165, 1.54) is 6.07 Å². The number of aromatic hydroxyl groups is 2. The number of hydrogen-bond donors (Lipinski definition) is 3. The zero-order valence-electron chi connectivity index (χ0n) is 12.5. The minimum Gasteiger partial charge on any atom is -0.494 e. The van der Waals surface area contributed by atoms with Crippen molar-refractivity contribution in [1.82, 2.24) is 4.57 Å². The molecule has 24 heavy (non-hydrogen) atoms. The molecule has 2 atom stereocenters. The number of allylic oxidation sites excluding steroid dienone is 2. The van der Waals surface area contributed by atoms with Gasteiger partial charge in [-0.15, -0.1) is 0 Å². The second-order valence-electron chi connectivity index (χ2n) is 6.25. The minimum atomic E-state index is -4.61. The molecule has 1 aromatic carbocycles. The first-order valence-corrected chi connectivity index (χ1v) is 7.61. The molecule has 4 N–H and O–H groups in total. The van der Waals surface area contributed by atoms with Crippen molar-refractivity contribution in [2.24, 2.45) is 0 Å². The van der Waals surface area contributed by atoms with E-state index >= 15 is 0 Å². The van der Waals surface area contributed by atoms with Crippen molar-refractivity contribution < 1.29 is 23.4 Å². The molecule has 7 heteroatoms. The van der Waals surface area contributed by atoms with Crippen molar-refractivity contribution in [2.75, 3.05) is 5.73 Å². The Balaban J connectivity index is 1.92. The molecule has 1 aromatic heterocycles. The highest BCUT2D eigenvalue weighted by Crippen LogP contribution is 2.54. The lowest BCUT2D eigenvalue weighted by molar-refractivity contribution is -0.136. The molecule has 0 amide bonds. The van der Waals surface area contributed by atoms with Crippen molar-refractivity contribution >= 4 is 5.69 Å². The molecule has 2 aromatic rings. The summed E-state index contributed by atoms with van der Waals surface area (Å²) in [6, 6.07) is 3.32. The molecule has 2 bridgehead atoms. The Hall–Kier alpha value is -2.57. The van der Waals surface area contributed by atoms with Crippen LogP contribution in [-0.4, -0.2) is 14.8 Å². The van der Waals surface area contributed by atoms with E-state index in [2.05, 4.69) is 0 Å². The van der Waals surface area contributed by atoms with Gasteiger partial charge in [-0.3, -0.25) is 4.57 Å². The highest BCUT2D eigenvalue weighted by molar-refractivity contribution is 5.62. The smallest absolute Gasteiger partial charge is 0.418 e. The van der Waals surface area contributed by atoms with E-state index < -0.39 is 17.4 Å². The van der Waals surface area contributed by atoms with E-state index in [1.54, 1.807) is 0 Å². The van der Waals surface area contributed by atoms with Crippen molar-refractivity contribution in [3.05, 3.63) is 47.0 Å². The molecule has 1 heterocycles. The van der Waals surface area contributed by atoms with Gasteiger partial charge in [0.2, 0.25) is 11.8 Å². The van der Waals surface area contributed by atoms with E-state index in [9.17, 15) is 23.4 Å². The molecule has 126 valence electrons. The predicted octanol–water partition coefficient (Wildman–Crippen LogP) is 4.02. The number of halogens is 3. The van der Waals surface area contributed by atoms with Crippen LogP contribution in [0.1, 0.15) is 41.4 Å². The Kier molecular flexibility index (Phi) is 2.95. The fourth-order valence-corrected chi connectivity index (χ4v) is 3.79. The number of anilines is 1. The van der Waals surface area contributed by atoms with Gasteiger partial charge in [-0.1, -0.05) is 12.2 Å². The van der Waals surface area contributed by atoms with Crippen LogP contribution in [0.5, 0.6) is 11.8 Å². The molecule has 3 aliphatic rings. The summed E-state index contributed by atoms with van der Waals surface area (Å²) in [5.41, 5.74) is 5.27. The van der Waals surface area contributed by atoms with Gasteiger partial charge in [0.15, 0.2) is 0 Å². The SMILES string of the molecule is Nc1ccc(-n2c(O)c3c(c2O)[C@H]2C=C[C@@H]3CC2)cc1C(F)(F)F. The summed E-state index contributed by atoms with van der Waals surface area (Å²) in [6.45, 7) is 0. The molecule has 0 spiro atoms. The summed E-state index contributed by atoms with van der Waals surface area (Å²) in [6.07, 6.45) is 1.04. The molecule has 5 rings (SSSR count). The maximum atomic E-state index is 13.1. The van der Waals surface area contributed by atoms with E-state index in [0.717, 1.165) is 29.5 Å². The van der Waals surface area contributed by atoms with Crippen LogP contribution in [-0.2, 0) is 6.18 Å². The van der Waals surface area contributed by atoms with Crippen LogP contribution in [0.3, 0.4) is 0 Å². The minimum absolute atomic E-state index is 0.0204. The largest absolute Gasteiger partial charge is 0.494 e. The maximum absolute atomic E-state index is 13.1. The maximum Gasteiger partial charge on any atom is 0.418 e. The molecule has 0 saturated heterocycles. The van der Waals surface area contributed by atoms with Crippen LogP contribution in [0.4, 0.5) is 18.9 Å². The second kappa shape index (κ2) is 4.72. The van der Waals surface area contributed by atoms with Crippen molar-refractivity contribution in [1.29, 1.82) is 0 Å². The van der Waals surface area contributed by atoms with Gasteiger partial charge in [0.25, 0.3) is 0 Å². The summed E-state index contributed by atoms with van der Waals surface area (Å²) >= 11 is 0. The fourth-order valence-electron chi connectivity index (χ4n) is 3.79. The third kappa shape index (κ3) is 1.93. The number of fused-ring (bicyclic) bond motifs is 1. The average Bonchev–Trinajstić information content (AvgIpc) is 2.82. The highest BCUT2D eigenvalue weighted by Gasteiger charge is 2.39. The first kappa shape index (κ1) is 15.0. The van der Waals surface area contributed by atoms with E-state index in [0.29, 0.717) is 11.1 Å². The second-order valence-corrected chi connectivity index (χ2v) is 6.25. The standard InChI is InChI=1S/C17H15F3N2O2/c18-17(19,20)11-7-10(5-6-12(11)21)22-15(23)13-8-1-2-9(4-3-8)14(13)16(22)24/h1-2,5-9,23-24H,3-4,21H2/t8-,9+. The summed E-state index contributed by atoms with van der Waals surface area (Å²) < 4.78 is 40.3. The van der Waals surface area contributed by atoms with Crippen LogP contribution < -0.4 is 5.73 Å². The molecular formula is C17H15F3N2O2. The van der Waals surface area contributed by atoms with Crippen LogP contribution in [0.2, 0.25) is 0 Å². The molecule has 3 aliphatic carbocycles. The normalized spacial score (nSPS) is 22.0. The summed E-state index contributed by atoms with van der Waals surface area (Å²) in [4.78, 5) is 0. The molecule has 0 fully saturated rings. The monoisotopic (exact) mass is 336 g/mol. The molecular weight excluding hydrogens is 321 g/mol. The zero-order chi connectivity index (χ0) is 17.2. The number of aromatic nitrogens is 1. The van der Waals surface area contributed by atoms with Crippen LogP contribution in [0, 0.1) is 0 Å². The highest BCUT2D eigenvalue weighted by atomic mass is 19.4. The number of alkyl halides is 3. The molecule has 0 saturated carbocycles. The Morgan fingerprint density at radius 3 is 2.00 bits per heavy atom. The zero-order valence-corrected chi connectivity index (χ0v) is 12.5. The lowest BCUT2D eigenvalue weighted by Gasteiger charge is -2.30. The average molecular weight is 336 g/mol. The lowest BCUT2D eigenvalue weighted by atomic mass is 9.73. The van der Waals surface area contributed by atoms with Gasteiger partial charge in [-0.05, 0) is 31.0 Å². The van der Waals surface area contributed by atoms with Crippen molar-refractivity contribution in [3.63, 3.8) is 0 Å². The molecule has 0 radical (unpaired) electrons. The van der Waals surface area contributed by atoms with Gasteiger partial charge in [-0.25, -0.2) is 0 Å². The first-order valence-electron chi connectivity index (χ1n) is 7.61. The molecule has 0 aliphatic heterocycles. The lowest BCUT2D eigenvalue weighted by Crippen LogP contribution is -2.15. The quantitative estimate of drug-likeness (QED) is 0.544. The van der Waals surface area contributed by atoms with E-state index in [4.69, 9.17) is 5.73 Å².